The first-order chi connectivity index (χ1) is 14.4. The van der Waals surface area contributed by atoms with Crippen molar-refractivity contribution in [2.45, 2.75) is 26.2 Å². The van der Waals surface area contributed by atoms with Crippen molar-refractivity contribution in [1.29, 1.82) is 0 Å². The average Bonchev–Trinajstić information content (AvgIpc) is 3.30. The Hall–Kier alpha value is 0.0900. The number of nitrogens with two attached hydrogens (primary N) is 1. The predicted molar refractivity (Wildman–Crippen MR) is 117 cm³/mol. The molecule has 0 bridgehead atoms. The van der Waals surface area contributed by atoms with Gasteiger partial charge in [-0.2, -0.15) is 0 Å². The SMILES string of the molecule is Nc1ncnc2c1nnn2C1COC(COP(=O)(OCC(Cl)(Cl)Cl)OCC(Cl)(Cl)Cl)C1. The summed E-state index contributed by atoms with van der Waals surface area (Å²) in [6, 6.07) is -0.225. The van der Waals surface area contributed by atoms with Crippen LogP contribution in [-0.2, 0) is 22.9 Å². The van der Waals surface area contributed by atoms with Crippen molar-refractivity contribution in [1.82, 2.24) is 25.0 Å². The standard InChI is InChI=1S/C13H15Cl6N6O5P/c14-12(15,16)4-29-31(26,30-5-13(17,18)19)28-3-8-1-7(2-27-8)25-11-9(23-24-25)10(20)21-6-22-11/h6-8H,1-5H2,(H2,20,21,22). The van der Waals surface area contributed by atoms with Crippen LogP contribution in [0.4, 0.5) is 5.82 Å². The van der Waals surface area contributed by atoms with Gasteiger partial charge in [-0.15, -0.1) is 5.10 Å². The minimum absolute atomic E-state index is 0.183. The van der Waals surface area contributed by atoms with Gasteiger partial charge in [0.15, 0.2) is 17.0 Å². The molecule has 11 nitrogen and oxygen atoms in total. The van der Waals surface area contributed by atoms with Crippen LogP contribution < -0.4 is 5.73 Å². The van der Waals surface area contributed by atoms with E-state index in [1.165, 1.54) is 6.33 Å². The van der Waals surface area contributed by atoms with Crippen molar-refractivity contribution in [3.05, 3.63) is 6.33 Å². The number of hydrogen-bond acceptors (Lipinski definition) is 10. The number of phosphoric acid groups is 1. The van der Waals surface area contributed by atoms with Crippen LogP contribution in [0.25, 0.3) is 11.2 Å². The van der Waals surface area contributed by atoms with Gasteiger partial charge >= 0.3 is 7.82 Å². The van der Waals surface area contributed by atoms with Crippen LogP contribution in [0.2, 0.25) is 0 Å². The highest BCUT2D eigenvalue weighted by molar-refractivity contribution is 7.48. The van der Waals surface area contributed by atoms with Crippen molar-refractivity contribution in [2.75, 3.05) is 32.2 Å². The molecule has 1 aliphatic heterocycles. The fraction of sp³-hybridized carbons (Fsp3) is 0.692. The Morgan fingerprint density at radius 1 is 1.13 bits per heavy atom. The average molecular weight is 579 g/mol. The van der Waals surface area contributed by atoms with Crippen molar-refractivity contribution < 1.29 is 22.9 Å². The van der Waals surface area contributed by atoms with E-state index >= 15 is 0 Å². The first kappa shape index (κ1) is 25.7. The van der Waals surface area contributed by atoms with Gasteiger partial charge < -0.3 is 10.5 Å². The molecule has 1 aliphatic rings. The summed E-state index contributed by atoms with van der Waals surface area (Å²) in [6.45, 7) is -1.09. The molecule has 2 aromatic heterocycles. The molecular weight excluding hydrogens is 564 g/mol. The predicted octanol–water partition coefficient (Wildman–Crippen LogP) is 4.03. The molecule has 0 saturated carbocycles. The third-order valence-corrected chi connectivity index (χ3v) is 5.90. The molecule has 0 aliphatic carbocycles. The number of rotatable bonds is 8. The molecule has 174 valence electrons. The molecular formula is C13H15Cl6N6O5P. The van der Waals surface area contributed by atoms with E-state index in [1.807, 2.05) is 0 Å². The molecule has 2 unspecified atom stereocenters. The molecule has 18 heteroatoms. The summed E-state index contributed by atoms with van der Waals surface area (Å²) >= 11 is 33.8. The first-order valence-corrected chi connectivity index (χ1v) is 12.2. The molecule has 2 atom stereocenters. The number of halogens is 6. The van der Waals surface area contributed by atoms with Gasteiger partial charge in [-0.05, 0) is 0 Å². The lowest BCUT2D eigenvalue weighted by Gasteiger charge is -2.23. The van der Waals surface area contributed by atoms with Gasteiger partial charge in [0.05, 0.1) is 25.4 Å². The fourth-order valence-electron chi connectivity index (χ4n) is 2.59. The number of hydrogen-bond donors (Lipinski definition) is 1. The Morgan fingerprint density at radius 2 is 1.77 bits per heavy atom. The lowest BCUT2D eigenvalue weighted by atomic mass is 10.2. The summed E-state index contributed by atoms with van der Waals surface area (Å²) in [5.74, 6) is 0.216. The number of nitrogens with zero attached hydrogens (tertiary/aromatic N) is 5. The van der Waals surface area contributed by atoms with Crippen LogP contribution in [0.15, 0.2) is 6.33 Å². The van der Waals surface area contributed by atoms with Crippen molar-refractivity contribution in [2.24, 2.45) is 0 Å². The third kappa shape index (κ3) is 7.55. The van der Waals surface area contributed by atoms with Crippen LogP contribution in [0.5, 0.6) is 0 Å². The molecule has 3 rings (SSSR count). The molecule has 1 fully saturated rings. The topological polar surface area (TPSA) is 136 Å². The number of alkyl halides is 6. The van der Waals surface area contributed by atoms with Gasteiger partial charge in [0.2, 0.25) is 7.59 Å². The Balaban J connectivity index is 1.62. The lowest BCUT2D eigenvalue weighted by Crippen LogP contribution is -2.20. The second-order valence-electron chi connectivity index (χ2n) is 6.33. The van der Waals surface area contributed by atoms with Gasteiger partial charge in [0.25, 0.3) is 0 Å². The monoisotopic (exact) mass is 576 g/mol. The van der Waals surface area contributed by atoms with Crippen LogP contribution in [0.1, 0.15) is 12.5 Å². The zero-order valence-electron chi connectivity index (χ0n) is 15.3. The second kappa shape index (κ2) is 10.1. The van der Waals surface area contributed by atoms with Crippen molar-refractivity contribution >= 4 is 94.4 Å². The van der Waals surface area contributed by atoms with Gasteiger partial charge in [-0.1, -0.05) is 74.8 Å². The van der Waals surface area contributed by atoms with Crippen LogP contribution >= 0.6 is 77.4 Å². The summed E-state index contributed by atoms with van der Waals surface area (Å²) in [7, 11) is -4.25. The van der Waals surface area contributed by atoms with Crippen LogP contribution in [0.3, 0.4) is 0 Å². The number of ether oxygens (including phenoxy) is 1. The number of fused-ring (bicyclic) bond motifs is 1. The zero-order valence-corrected chi connectivity index (χ0v) is 20.8. The minimum Gasteiger partial charge on any atom is -0.382 e. The van der Waals surface area contributed by atoms with Gasteiger partial charge in [-0.3, -0.25) is 13.6 Å². The zero-order chi connectivity index (χ0) is 22.9. The second-order valence-corrected chi connectivity index (χ2v) is 13.0. The van der Waals surface area contributed by atoms with Gasteiger partial charge in [0, 0.05) is 6.42 Å². The minimum atomic E-state index is -4.25. The summed E-state index contributed by atoms with van der Waals surface area (Å²) in [5.41, 5.74) is 6.62. The molecule has 3 heterocycles. The van der Waals surface area contributed by atoms with Crippen LogP contribution in [-0.4, -0.2) is 65.1 Å². The van der Waals surface area contributed by atoms with E-state index in [2.05, 4.69) is 20.3 Å². The quantitative estimate of drug-likeness (QED) is 0.361. The van der Waals surface area contributed by atoms with E-state index in [1.54, 1.807) is 4.68 Å². The highest BCUT2D eigenvalue weighted by Crippen LogP contribution is 2.53. The van der Waals surface area contributed by atoms with E-state index < -0.39 is 34.7 Å². The van der Waals surface area contributed by atoms with Crippen molar-refractivity contribution in [3.8, 4) is 0 Å². The van der Waals surface area contributed by atoms with E-state index in [-0.39, 0.29) is 25.1 Å². The van der Waals surface area contributed by atoms with Gasteiger partial charge in [-0.25, -0.2) is 19.2 Å². The molecule has 1 saturated heterocycles. The van der Waals surface area contributed by atoms with E-state index in [4.69, 9.17) is 93.6 Å². The Morgan fingerprint density at radius 3 is 2.39 bits per heavy atom. The summed E-state index contributed by atoms with van der Waals surface area (Å²) < 4.78 is 31.8. The lowest BCUT2D eigenvalue weighted by molar-refractivity contribution is 0.0393. The van der Waals surface area contributed by atoms with Crippen molar-refractivity contribution in [3.63, 3.8) is 0 Å². The largest absolute Gasteiger partial charge is 0.475 e. The highest BCUT2D eigenvalue weighted by Gasteiger charge is 2.37. The Kier molecular flexibility index (Phi) is 8.42. The maximum Gasteiger partial charge on any atom is 0.475 e. The number of aromatic nitrogens is 5. The molecule has 0 aromatic carbocycles. The van der Waals surface area contributed by atoms with E-state index in [0.29, 0.717) is 17.6 Å². The number of anilines is 1. The number of phosphoric ester groups is 1. The summed E-state index contributed by atoms with van der Waals surface area (Å²) in [5, 5.41) is 8.05. The first-order valence-electron chi connectivity index (χ1n) is 8.45. The summed E-state index contributed by atoms with van der Waals surface area (Å²) in [4.78, 5) is 8.02. The highest BCUT2D eigenvalue weighted by atomic mass is 35.6. The molecule has 31 heavy (non-hydrogen) atoms. The Bertz CT molecular complexity index is 933. The maximum absolute atomic E-state index is 12.9. The van der Waals surface area contributed by atoms with Crippen LogP contribution in [0, 0.1) is 0 Å². The van der Waals surface area contributed by atoms with Gasteiger partial charge in [0.1, 0.15) is 19.5 Å². The third-order valence-electron chi connectivity index (χ3n) is 3.89. The number of nitrogen functional groups attached to an aromatic ring is 1. The normalized spacial score (nSPS) is 20.6. The molecule has 0 radical (unpaired) electrons. The molecule has 2 aromatic rings. The molecule has 0 amide bonds. The smallest absolute Gasteiger partial charge is 0.382 e. The molecule has 0 spiro atoms. The molecule has 2 N–H and O–H groups in total. The summed E-state index contributed by atoms with van der Waals surface area (Å²) in [6.07, 6.45) is 1.25. The fourth-order valence-corrected chi connectivity index (χ4v) is 4.65. The van der Waals surface area contributed by atoms with E-state index in [0.717, 1.165) is 0 Å². The van der Waals surface area contributed by atoms with E-state index in [9.17, 15) is 4.57 Å². The Labute approximate surface area is 206 Å². The maximum atomic E-state index is 12.9.